The van der Waals surface area contributed by atoms with E-state index < -0.39 is 0 Å². The van der Waals surface area contributed by atoms with Gasteiger partial charge in [0.15, 0.2) is 5.16 Å². The van der Waals surface area contributed by atoms with Crippen LogP contribution in [-0.4, -0.2) is 28.3 Å². The van der Waals surface area contributed by atoms with Crippen molar-refractivity contribution in [3.05, 3.63) is 93.8 Å². The second-order valence-corrected chi connectivity index (χ2v) is 8.68. The van der Waals surface area contributed by atoms with Crippen LogP contribution in [0.5, 0.6) is 5.75 Å². The minimum Gasteiger partial charge on any atom is -0.497 e. The van der Waals surface area contributed by atoms with Gasteiger partial charge >= 0.3 is 0 Å². The van der Waals surface area contributed by atoms with Crippen LogP contribution < -0.4 is 15.6 Å². The maximum absolute atomic E-state index is 13.3. The maximum Gasteiger partial charge on any atom is 0.262 e. The first kappa shape index (κ1) is 22.6. The third-order valence-corrected chi connectivity index (χ3v) is 6.51. The molecule has 168 valence electrons. The van der Waals surface area contributed by atoms with Crippen LogP contribution in [0.1, 0.15) is 16.7 Å². The van der Waals surface area contributed by atoms with Gasteiger partial charge in [-0.15, -0.1) is 0 Å². The second-order valence-electron chi connectivity index (χ2n) is 7.74. The van der Waals surface area contributed by atoms with Gasteiger partial charge in [0.2, 0.25) is 5.91 Å². The van der Waals surface area contributed by atoms with Gasteiger partial charge in [-0.25, -0.2) is 4.98 Å². The molecule has 1 amide bonds. The van der Waals surface area contributed by atoms with Gasteiger partial charge in [0.05, 0.1) is 30.3 Å². The summed E-state index contributed by atoms with van der Waals surface area (Å²) < 4.78 is 6.85. The summed E-state index contributed by atoms with van der Waals surface area (Å²) in [6.07, 6.45) is 0. The Balaban J connectivity index is 1.61. The zero-order chi connectivity index (χ0) is 23.4. The average Bonchev–Trinajstić information content (AvgIpc) is 2.83. The molecule has 0 fully saturated rings. The molecule has 33 heavy (non-hydrogen) atoms. The van der Waals surface area contributed by atoms with Gasteiger partial charge in [0.1, 0.15) is 5.75 Å². The quantitative estimate of drug-likeness (QED) is 0.317. The molecule has 0 aliphatic rings. The largest absolute Gasteiger partial charge is 0.497 e. The van der Waals surface area contributed by atoms with E-state index in [9.17, 15) is 9.59 Å². The third-order valence-electron chi connectivity index (χ3n) is 5.54. The number of aromatic nitrogens is 2. The van der Waals surface area contributed by atoms with E-state index in [0.29, 0.717) is 22.6 Å². The highest BCUT2D eigenvalue weighted by Crippen LogP contribution is 2.22. The van der Waals surface area contributed by atoms with E-state index >= 15 is 0 Å². The molecule has 0 aliphatic carbocycles. The van der Waals surface area contributed by atoms with E-state index in [1.807, 2.05) is 74.5 Å². The van der Waals surface area contributed by atoms with E-state index in [1.54, 1.807) is 17.7 Å². The molecule has 7 heteroatoms. The molecule has 0 spiro atoms. The Morgan fingerprint density at radius 2 is 1.79 bits per heavy atom. The first-order valence-corrected chi connectivity index (χ1v) is 11.6. The van der Waals surface area contributed by atoms with E-state index in [0.717, 1.165) is 28.1 Å². The van der Waals surface area contributed by atoms with Gasteiger partial charge in [0, 0.05) is 5.69 Å². The summed E-state index contributed by atoms with van der Waals surface area (Å²) in [6, 6.07) is 20.6. The number of para-hydroxylation sites is 1. The first-order chi connectivity index (χ1) is 16.0. The number of hydrogen-bond acceptors (Lipinski definition) is 5. The number of thioether (sulfide) groups is 1. The summed E-state index contributed by atoms with van der Waals surface area (Å²) in [5, 5.41) is 4.02. The Morgan fingerprint density at radius 3 is 2.55 bits per heavy atom. The highest BCUT2D eigenvalue weighted by atomic mass is 32.2. The summed E-state index contributed by atoms with van der Waals surface area (Å²) >= 11 is 1.26. The average molecular weight is 460 g/mol. The Labute approximate surface area is 196 Å². The predicted octanol–water partition coefficient (Wildman–Crippen LogP) is 4.80. The van der Waals surface area contributed by atoms with Gasteiger partial charge in [-0.3, -0.25) is 14.2 Å². The highest BCUT2D eigenvalue weighted by Gasteiger charge is 2.14. The standard InChI is InChI=1S/C26H25N3O3S/c1-17-7-6-10-22(18(17)2)27-24(30)16-33-26-28-23-9-5-4-8-21(23)25(31)29(26)15-19-11-13-20(32-3)14-12-19/h4-14H,15-16H2,1-3H3,(H,27,30). The van der Waals surface area contributed by atoms with Crippen molar-refractivity contribution in [1.29, 1.82) is 0 Å². The van der Waals surface area contributed by atoms with Crippen molar-refractivity contribution >= 4 is 34.3 Å². The molecule has 1 N–H and O–H groups in total. The van der Waals surface area contributed by atoms with Crippen molar-refractivity contribution in [3.63, 3.8) is 0 Å². The van der Waals surface area contributed by atoms with Gasteiger partial charge in [-0.05, 0) is 60.9 Å². The van der Waals surface area contributed by atoms with Crippen LogP contribution in [0.4, 0.5) is 5.69 Å². The fourth-order valence-electron chi connectivity index (χ4n) is 3.51. The lowest BCUT2D eigenvalue weighted by atomic mass is 10.1. The van der Waals surface area contributed by atoms with Crippen molar-refractivity contribution in [1.82, 2.24) is 9.55 Å². The lowest BCUT2D eigenvalue weighted by Crippen LogP contribution is -2.25. The van der Waals surface area contributed by atoms with Gasteiger partial charge in [-0.1, -0.05) is 48.2 Å². The number of aryl methyl sites for hydroxylation is 1. The Bertz CT molecular complexity index is 1360. The maximum atomic E-state index is 13.3. The molecule has 0 saturated heterocycles. The number of rotatable bonds is 7. The number of carbonyl (C=O) groups excluding carboxylic acids is 1. The predicted molar refractivity (Wildman–Crippen MR) is 133 cm³/mol. The molecule has 0 radical (unpaired) electrons. The third kappa shape index (κ3) is 5.09. The summed E-state index contributed by atoms with van der Waals surface area (Å²) in [6.45, 7) is 4.34. The van der Waals surface area contributed by atoms with Crippen molar-refractivity contribution in [2.75, 3.05) is 18.2 Å². The zero-order valence-electron chi connectivity index (χ0n) is 18.8. The SMILES string of the molecule is COc1ccc(Cn2c(SCC(=O)Nc3cccc(C)c3C)nc3ccccc3c2=O)cc1. The van der Waals surface area contributed by atoms with Crippen LogP contribution in [0.3, 0.4) is 0 Å². The summed E-state index contributed by atoms with van der Waals surface area (Å²) in [4.78, 5) is 30.7. The van der Waals surface area contributed by atoms with Gasteiger partial charge in [0.25, 0.3) is 5.56 Å². The molecule has 0 unspecified atom stereocenters. The van der Waals surface area contributed by atoms with Crippen LogP contribution >= 0.6 is 11.8 Å². The number of nitrogens with one attached hydrogen (secondary N) is 1. The molecule has 0 atom stereocenters. The number of hydrogen-bond donors (Lipinski definition) is 1. The molecule has 1 aromatic heterocycles. The minimum absolute atomic E-state index is 0.131. The molecule has 4 aromatic rings. The number of amides is 1. The van der Waals surface area contributed by atoms with Crippen LogP contribution in [0, 0.1) is 13.8 Å². The summed E-state index contributed by atoms with van der Waals surface area (Å²) in [7, 11) is 1.62. The number of carbonyl (C=O) groups is 1. The van der Waals surface area contributed by atoms with Crippen molar-refractivity contribution in [3.8, 4) is 5.75 Å². The molecule has 4 rings (SSSR count). The Kier molecular flexibility index (Phi) is 6.79. The van der Waals surface area contributed by atoms with Crippen molar-refractivity contribution in [2.45, 2.75) is 25.5 Å². The van der Waals surface area contributed by atoms with E-state index in [4.69, 9.17) is 9.72 Å². The number of anilines is 1. The molecule has 0 bridgehead atoms. The zero-order valence-corrected chi connectivity index (χ0v) is 19.6. The fourth-order valence-corrected chi connectivity index (χ4v) is 4.31. The van der Waals surface area contributed by atoms with Crippen LogP contribution in [-0.2, 0) is 11.3 Å². The van der Waals surface area contributed by atoms with Crippen molar-refractivity contribution < 1.29 is 9.53 Å². The number of methoxy groups -OCH3 is 1. The smallest absolute Gasteiger partial charge is 0.262 e. The number of benzene rings is 3. The molecular formula is C26H25N3O3S. The van der Waals surface area contributed by atoms with Gasteiger partial charge < -0.3 is 10.1 Å². The number of ether oxygens (including phenoxy) is 1. The molecule has 0 aliphatic heterocycles. The van der Waals surface area contributed by atoms with Crippen molar-refractivity contribution in [2.24, 2.45) is 0 Å². The normalized spacial score (nSPS) is 10.9. The minimum atomic E-state index is -0.146. The fraction of sp³-hybridized carbons (Fsp3) is 0.192. The second kappa shape index (κ2) is 9.92. The Morgan fingerprint density at radius 1 is 1.03 bits per heavy atom. The molecule has 3 aromatic carbocycles. The Hall–Kier alpha value is -3.58. The van der Waals surface area contributed by atoms with E-state index in [2.05, 4.69) is 5.32 Å². The topological polar surface area (TPSA) is 73.2 Å². The molecule has 0 saturated carbocycles. The molecule has 6 nitrogen and oxygen atoms in total. The number of nitrogens with zero attached hydrogens (tertiary/aromatic N) is 2. The summed E-state index contributed by atoms with van der Waals surface area (Å²) in [5.41, 5.74) is 4.38. The molecule has 1 heterocycles. The van der Waals surface area contributed by atoms with Crippen LogP contribution in [0.2, 0.25) is 0 Å². The van der Waals surface area contributed by atoms with Gasteiger partial charge in [-0.2, -0.15) is 0 Å². The van der Waals surface area contributed by atoms with Crippen LogP contribution in [0.25, 0.3) is 10.9 Å². The lowest BCUT2D eigenvalue weighted by Gasteiger charge is -2.14. The number of fused-ring (bicyclic) bond motifs is 1. The van der Waals surface area contributed by atoms with E-state index in [-0.39, 0.29) is 17.2 Å². The van der Waals surface area contributed by atoms with E-state index in [1.165, 1.54) is 11.8 Å². The first-order valence-electron chi connectivity index (χ1n) is 10.6. The highest BCUT2D eigenvalue weighted by molar-refractivity contribution is 7.99. The lowest BCUT2D eigenvalue weighted by molar-refractivity contribution is -0.113. The van der Waals surface area contributed by atoms with Crippen LogP contribution in [0.15, 0.2) is 76.7 Å². The summed E-state index contributed by atoms with van der Waals surface area (Å²) in [5.74, 6) is 0.744. The molecular weight excluding hydrogens is 434 g/mol. The monoisotopic (exact) mass is 459 g/mol.